The van der Waals surface area contributed by atoms with Gasteiger partial charge in [-0.3, -0.25) is 14.9 Å². The quantitative estimate of drug-likeness (QED) is 0.285. The molecule has 7 heteroatoms. The van der Waals surface area contributed by atoms with Crippen LogP contribution in [0.15, 0.2) is 71.9 Å². The summed E-state index contributed by atoms with van der Waals surface area (Å²) >= 11 is 0. The molecule has 0 aliphatic rings. The molecular weight excluding hydrogens is 284 g/mol. The van der Waals surface area contributed by atoms with Gasteiger partial charge in [0.25, 0.3) is 5.91 Å². The Bertz CT molecular complexity index is 596. The molecule has 0 aliphatic heterocycles. The van der Waals surface area contributed by atoms with Gasteiger partial charge in [0, 0.05) is 24.8 Å². The number of nitrogens with one attached hydrogen (secondary N) is 1. The first kappa shape index (κ1) is 18.9. The second kappa shape index (κ2) is 9.76. The van der Waals surface area contributed by atoms with Crippen molar-refractivity contribution in [1.29, 1.82) is 0 Å². The third kappa shape index (κ3) is 6.38. The van der Waals surface area contributed by atoms with Crippen LogP contribution in [0, 0.1) is 10.1 Å². The fourth-order valence-corrected chi connectivity index (χ4v) is 1.28. The second-order valence-electron chi connectivity index (χ2n) is 4.08. The average Bonchev–Trinajstić information content (AvgIpc) is 2.49. The van der Waals surface area contributed by atoms with Crippen LogP contribution in [-0.2, 0) is 4.79 Å². The first-order valence-corrected chi connectivity index (χ1v) is 6.34. The SMILES string of the molecule is C=C/C=C(\C=C/C)C(=O)NC(=C/N)/C(N)=C\C=C(/C)[N+](=O)[O-]. The Hall–Kier alpha value is -3.09. The van der Waals surface area contributed by atoms with Crippen LogP contribution in [-0.4, -0.2) is 10.8 Å². The van der Waals surface area contributed by atoms with Crippen molar-refractivity contribution < 1.29 is 9.72 Å². The molecule has 0 heterocycles. The van der Waals surface area contributed by atoms with Gasteiger partial charge in [-0.15, -0.1) is 0 Å². The second-order valence-corrected chi connectivity index (χ2v) is 4.08. The molecule has 0 bridgehead atoms. The van der Waals surface area contributed by atoms with E-state index in [-0.39, 0.29) is 17.1 Å². The highest BCUT2D eigenvalue weighted by Crippen LogP contribution is 2.05. The average molecular weight is 304 g/mol. The summed E-state index contributed by atoms with van der Waals surface area (Å²) in [7, 11) is 0. The number of carbonyl (C=O) groups is 1. The van der Waals surface area contributed by atoms with Gasteiger partial charge in [0.1, 0.15) is 0 Å². The standard InChI is InChI=1S/C15H20N4O3/c1-4-6-12(7-5-2)15(20)18-14(10-16)13(17)9-8-11(3)19(21)22/h4-10H,1,16-17H2,2-3H3,(H,18,20)/b7-5-,11-8+,12-6+,13-9+,14-10+. The molecule has 0 saturated heterocycles. The molecular formula is C15H20N4O3. The predicted octanol–water partition coefficient (Wildman–Crippen LogP) is 1.61. The molecule has 0 fully saturated rings. The summed E-state index contributed by atoms with van der Waals surface area (Å²) in [4.78, 5) is 22.0. The lowest BCUT2D eigenvalue weighted by atomic mass is 10.2. The minimum atomic E-state index is -0.550. The summed E-state index contributed by atoms with van der Waals surface area (Å²) in [5.41, 5.74) is 11.7. The number of rotatable bonds is 7. The molecule has 0 aromatic rings. The number of nitrogens with two attached hydrogens (primary N) is 2. The number of allylic oxidation sites excluding steroid dienone is 6. The highest BCUT2D eigenvalue weighted by Gasteiger charge is 2.09. The Kier molecular flexibility index (Phi) is 8.39. The fraction of sp³-hybridized carbons (Fsp3) is 0.133. The largest absolute Gasteiger partial charge is 0.403 e. The van der Waals surface area contributed by atoms with Gasteiger partial charge in [-0.2, -0.15) is 0 Å². The van der Waals surface area contributed by atoms with E-state index < -0.39 is 10.8 Å². The Balaban J connectivity index is 5.23. The number of hydrogen-bond acceptors (Lipinski definition) is 5. The normalized spacial score (nSPS) is 14.1. The van der Waals surface area contributed by atoms with Crippen molar-refractivity contribution in [2.75, 3.05) is 0 Å². The lowest BCUT2D eigenvalue weighted by Crippen LogP contribution is -2.27. The smallest absolute Gasteiger partial charge is 0.255 e. The van der Waals surface area contributed by atoms with Crippen molar-refractivity contribution in [1.82, 2.24) is 5.32 Å². The topological polar surface area (TPSA) is 124 Å². The summed E-state index contributed by atoms with van der Waals surface area (Å²) in [6, 6.07) is 0. The van der Waals surface area contributed by atoms with E-state index in [1.54, 1.807) is 19.1 Å². The zero-order valence-electron chi connectivity index (χ0n) is 12.6. The Morgan fingerprint density at radius 2 is 1.95 bits per heavy atom. The molecule has 0 spiro atoms. The van der Waals surface area contributed by atoms with Gasteiger partial charge in [-0.1, -0.05) is 30.9 Å². The van der Waals surface area contributed by atoms with E-state index in [0.717, 1.165) is 6.20 Å². The van der Waals surface area contributed by atoms with E-state index in [1.165, 1.54) is 31.2 Å². The summed E-state index contributed by atoms with van der Waals surface area (Å²) in [6.45, 7) is 6.62. The number of amides is 1. The summed E-state index contributed by atoms with van der Waals surface area (Å²) in [5, 5.41) is 13.0. The summed E-state index contributed by atoms with van der Waals surface area (Å²) < 4.78 is 0. The van der Waals surface area contributed by atoms with Gasteiger partial charge in [-0.25, -0.2) is 0 Å². The maximum absolute atomic E-state index is 12.1. The molecule has 7 nitrogen and oxygen atoms in total. The van der Waals surface area contributed by atoms with Crippen molar-refractivity contribution in [3.63, 3.8) is 0 Å². The molecule has 0 unspecified atom stereocenters. The van der Waals surface area contributed by atoms with Crippen molar-refractivity contribution in [2.24, 2.45) is 11.5 Å². The van der Waals surface area contributed by atoms with Gasteiger partial charge in [0.2, 0.25) is 5.70 Å². The highest BCUT2D eigenvalue weighted by atomic mass is 16.6. The Morgan fingerprint density at radius 1 is 1.32 bits per heavy atom. The third-order valence-electron chi connectivity index (χ3n) is 2.42. The predicted molar refractivity (Wildman–Crippen MR) is 86.5 cm³/mol. The van der Waals surface area contributed by atoms with Gasteiger partial charge in [0.05, 0.1) is 16.3 Å². The van der Waals surface area contributed by atoms with Gasteiger partial charge >= 0.3 is 0 Å². The maximum atomic E-state index is 12.1. The van der Waals surface area contributed by atoms with Gasteiger partial charge in [0.15, 0.2) is 0 Å². The molecule has 0 aliphatic carbocycles. The first-order valence-electron chi connectivity index (χ1n) is 6.34. The third-order valence-corrected chi connectivity index (χ3v) is 2.42. The van der Waals surface area contributed by atoms with Crippen LogP contribution in [0.4, 0.5) is 0 Å². The van der Waals surface area contributed by atoms with E-state index in [0.29, 0.717) is 5.57 Å². The van der Waals surface area contributed by atoms with Crippen LogP contribution >= 0.6 is 0 Å². The zero-order chi connectivity index (χ0) is 17.1. The molecule has 0 rings (SSSR count). The number of nitrogens with zero attached hydrogens (tertiary/aromatic N) is 1. The molecule has 1 amide bonds. The van der Waals surface area contributed by atoms with Gasteiger partial charge < -0.3 is 16.8 Å². The van der Waals surface area contributed by atoms with Crippen LogP contribution in [0.2, 0.25) is 0 Å². The van der Waals surface area contributed by atoms with Crippen LogP contribution < -0.4 is 16.8 Å². The molecule has 5 N–H and O–H groups in total. The Morgan fingerprint density at radius 3 is 2.41 bits per heavy atom. The van der Waals surface area contributed by atoms with E-state index in [1.807, 2.05) is 0 Å². The van der Waals surface area contributed by atoms with Crippen LogP contribution in [0.25, 0.3) is 0 Å². The van der Waals surface area contributed by atoms with Crippen LogP contribution in [0.5, 0.6) is 0 Å². The monoisotopic (exact) mass is 304 g/mol. The lowest BCUT2D eigenvalue weighted by Gasteiger charge is -2.09. The molecule has 22 heavy (non-hydrogen) atoms. The van der Waals surface area contributed by atoms with Crippen LogP contribution in [0.3, 0.4) is 0 Å². The van der Waals surface area contributed by atoms with Crippen molar-refractivity contribution in [2.45, 2.75) is 13.8 Å². The molecule has 0 saturated carbocycles. The molecule has 118 valence electrons. The van der Waals surface area contributed by atoms with Crippen molar-refractivity contribution in [3.05, 3.63) is 82.0 Å². The van der Waals surface area contributed by atoms with Crippen molar-refractivity contribution in [3.8, 4) is 0 Å². The lowest BCUT2D eigenvalue weighted by molar-refractivity contribution is -0.424. The summed E-state index contributed by atoms with van der Waals surface area (Å²) in [5.74, 6) is -0.430. The molecule has 0 radical (unpaired) electrons. The van der Waals surface area contributed by atoms with E-state index in [2.05, 4.69) is 11.9 Å². The fourth-order valence-electron chi connectivity index (χ4n) is 1.28. The summed E-state index contributed by atoms with van der Waals surface area (Å²) in [6.07, 6.45) is 9.93. The van der Waals surface area contributed by atoms with E-state index >= 15 is 0 Å². The highest BCUT2D eigenvalue weighted by molar-refractivity contribution is 5.97. The molecule has 0 aromatic carbocycles. The zero-order valence-corrected chi connectivity index (χ0v) is 12.6. The number of carbonyl (C=O) groups excluding carboxylic acids is 1. The Labute approximate surface area is 129 Å². The molecule has 0 atom stereocenters. The first-order chi connectivity index (χ1) is 10.4. The maximum Gasteiger partial charge on any atom is 0.255 e. The van der Waals surface area contributed by atoms with Crippen molar-refractivity contribution >= 4 is 5.91 Å². The molecule has 0 aromatic heterocycles. The minimum Gasteiger partial charge on any atom is -0.403 e. The van der Waals surface area contributed by atoms with E-state index in [9.17, 15) is 14.9 Å². The van der Waals surface area contributed by atoms with Gasteiger partial charge in [-0.05, 0) is 13.0 Å². The number of nitro groups is 1. The number of hydrogen-bond donors (Lipinski definition) is 3. The minimum absolute atomic E-state index is 0.0909. The van der Waals surface area contributed by atoms with Crippen LogP contribution in [0.1, 0.15) is 13.8 Å². The van der Waals surface area contributed by atoms with E-state index in [4.69, 9.17) is 11.5 Å².